The van der Waals surface area contributed by atoms with Gasteiger partial charge in [-0.3, -0.25) is 9.55 Å². The molecular weight excluding hydrogens is 615 g/mol. The molecule has 0 amide bonds. The van der Waals surface area contributed by atoms with Gasteiger partial charge in [-0.25, -0.2) is 19.9 Å². The molecule has 4 heterocycles. The largest absolute Gasteiger partial charge is 0.355 e. The van der Waals surface area contributed by atoms with Gasteiger partial charge in [0.25, 0.3) is 0 Å². The highest BCUT2D eigenvalue weighted by Gasteiger charge is 2.18. The average Bonchev–Trinajstić information content (AvgIpc) is 3.73. The number of nitrogens with zero attached hydrogens (tertiary/aromatic N) is 6. The third-order valence-corrected chi connectivity index (χ3v) is 9.29. The van der Waals surface area contributed by atoms with Crippen LogP contribution in [0.2, 0.25) is 0 Å². The maximum Gasteiger partial charge on any atom is 0.184 e. The molecule has 0 fully saturated rings. The van der Waals surface area contributed by atoms with E-state index in [1.165, 1.54) is 16.3 Å². The highest BCUT2D eigenvalue weighted by atomic mass is 15.1. The van der Waals surface area contributed by atoms with Crippen molar-refractivity contribution in [3.05, 3.63) is 158 Å². The summed E-state index contributed by atoms with van der Waals surface area (Å²) in [6.45, 7) is 0. The zero-order valence-electron chi connectivity index (χ0n) is 26.7. The zero-order chi connectivity index (χ0) is 33.0. The molecule has 6 aromatic carbocycles. The fourth-order valence-electron chi connectivity index (χ4n) is 6.92. The minimum Gasteiger partial charge on any atom is -0.355 e. The zero-order valence-corrected chi connectivity index (χ0v) is 26.7. The molecule has 7 nitrogen and oxygen atoms in total. The summed E-state index contributed by atoms with van der Waals surface area (Å²) in [5.74, 6) is 2.31. The van der Waals surface area contributed by atoms with Gasteiger partial charge in [-0.1, -0.05) is 109 Å². The Hall–Kier alpha value is -6.99. The Morgan fingerprint density at radius 1 is 0.400 bits per heavy atom. The molecule has 0 aliphatic carbocycles. The molecule has 0 saturated heterocycles. The molecule has 0 bridgehead atoms. The summed E-state index contributed by atoms with van der Waals surface area (Å²) in [6.07, 6.45) is 3.51. The Morgan fingerprint density at radius 3 is 1.74 bits per heavy atom. The quantitative estimate of drug-likeness (QED) is 0.202. The van der Waals surface area contributed by atoms with Crippen LogP contribution >= 0.6 is 0 Å². The van der Waals surface area contributed by atoms with E-state index in [0.717, 1.165) is 49.5 Å². The number of H-pyrrole nitrogens is 1. The second-order valence-corrected chi connectivity index (χ2v) is 12.3. The molecule has 0 spiro atoms. The first-order valence-corrected chi connectivity index (χ1v) is 16.5. The number of para-hydroxylation sites is 2. The summed E-state index contributed by atoms with van der Waals surface area (Å²) in [6, 6.07) is 50.1. The van der Waals surface area contributed by atoms with Crippen molar-refractivity contribution in [3.63, 3.8) is 0 Å². The number of fused-ring (bicyclic) bond motifs is 6. The van der Waals surface area contributed by atoms with Gasteiger partial charge >= 0.3 is 0 Å². The van der Waals surface area contributed by atoms with Crippen LogP contribution in [0.3, 0.4) is 0 Å². The molecular formula is C43H27N7. The van der Waals surface area contributed by atoms with E-state index >= 15 is 0 Å². The van der Waals surface area contributed by atoms with Crippen molar-refractivity contribution in [1.29, 1.82) is 0 Å². The summed E-state index contributed by atoms with van der Waals surface area (Å²) in [5, 5.41) is 4.73. The first kappa shape index (κ1) is 28.1. The van der Waals surface area contributed by atoms with Crippen LogP contribution in [0.4, 0.5) is 0 Å². The fourth-order valence-corrected chi connectivity index (χ4v) is 6.92. The molecule has 0 aliphatic heterocycles. The SMILES string of the molecule is c1ccc(-c2nc(-c3ccccc3)nc(-c3cncc(-n4c5ccccc5c5cc(-c6ccc7[nH]c8ccccc8c7c6)ccc54)n3)n2)cc1. The maximum atomic E-state index is 5.14. The summed E-state index contributed by atoms with van der Waals surface area (Å²) in [7, 11) is 0. The van der Waals surface area contributed by atoms with Crippen LogP contribution in [0.15, 0.2) is 158 Å². The van der Waals surface area contributed by atoms with Gasteiger partial charge in [0.05, 0.1) is 23.4 Å². The van der Waals surface area contributed by atoms with Gasteiger partial charge in [0.2, 0.25) is 0 Å². The van der Waals surface area contributed by atoms with Gasteiger partial charge in [-0.05, 0) is 47.5 Å². The van der Waals surface area contributed by atoms with Gasteiger partial charge in [0, 0.05) is 43.7 Å². The van der Waals surface area contributed by atoms with Crippen molar-refractivity contribution < 1.29 is 0 Å². The molecule has 7 heteroatoms. The van der Waals surface area contributed by atoms with Gasteiger partial charge in [-0.15, -0.1) is 0 Å². The summed E-state index contributed by atoms with van der Waals surface area (Å²) >= 11 is 0. The number of benzene rings is 6. The van der Waals surface area contributed by atoms with Crippen LogP contribution < -0.4 is 0 Å². The lowest BCUT2D eigenvalue weighted by Gasteiger charge is -2.10. The van der Waals surface area contributed by atoms with Crippen LogP contribution in [0.25, 0.3) is 94.9 Å². The van der Waals surface area contributed by atoms with E-state index in [1.807, 2.05) is 60.7 Å². The molecule has 4 aromatic heterocycles. The van der Waals surface area contributed by atoms with E-state index < -0.39 is 0 Å². The second-order valence-electron chi connectivity index (χ2n) is 12.3. The standard InChI is InChI=1S/C43H27N7/c1-3-11-27(12-4-1)41-47-42(28-13-5-2-6-14-28)49-43(48-41)37-25-44-26-40(46-37)50-38-18-10-8-16-32(38)34-24-30(20-22-39(34)50)29-19-21-36-33(23-29)31-15-7-9-17-35(31)45-36/h1-26,45H. The predicted molar refractivity (Wildman–Crippen MR) is 201 cm³/mol. The average molecular weight is 642 g/mol. The van der Waals surface area contributed by atoms with Gasteiger partial charge in [-0.2, -0.15) is 0 Å². The van der Waals surface area contributed by atoms with Crippen molar-refractivity contribution in [2.75, 3.05) is 0 Å². The van der Waals surface area contributed by atoms with E-state index in [4.69, 9.17) is 19.9 Å². The molecule has 0 radical (unpaired) electrons. The first-order chi connectivity index (χ1) is 24.8. The maximum absolute atomic E-state index is 5.14. The Bertz CT molecular complexity index is 2820. The molecule has 0 atom stereocenters. The monoisotopic (exact) mass is 641 g/mol. The normalized spacial score (nSPS) is 11.6. The summed E-state index contributed by atoms with van der Waals surface area (Å²) < 4.78 is 2.17. The lowest BCUT2D eigenvalue weighted by Crippen LogP contribution is -2.04. The smallest absolute Gasteiger partial charge is 0.184 e. The van der Waals surface area contributed by atoms with E-state index in [9.17, 15) is 0 Å². The Kier molecular flexibility index (Phi) is 6.35. The van der Waals surface area contributed by atoms with Gasteiger partial charge in [0.15, 0.2) is 23.3 Å². The van der Waals surface area contributed by atoms with Crippen molar-refractivity contribution in [2.45, 2.75) is 0 Å². The summed E-state index contributed by atoms with van der Waals surface area (Å²) in [4.78, 5) is 28.0. The highest BCUT2D eigenvalue weighted by Crippen LogP contribution is 2.36. The Morgan fingerprint density at radius 2 is 0.980 bits per heavy atom. The van der Waals surface area contributed by atoms with E-state index in [2.05, 4.69) is 99.5 Å². The number of hydrogen-bond acceptors (Lipinski definition) is 5. The fraction of sp³-hybridized carbons (Fsp3) is 0. The predicted octanol–water partition coefficient (Wildman–Crippen LogP) is 10.1. The number of aromatic nitrogens is 7. The van der Waals surface area contributed by atoms with Crippen molar-refractivity contribution in [3.8, 4) is 51.2 Å². The minimum absolute atomic E-state index is 0.461. The minimum atomic E-state index is 0.461. The second kappa shape index (κ2) is 11.3. The molecule has 1 N–H and O–H groups in total. The lowest BCUT2D eigenvalue weighted by molar-refractivity contribution is 1.01. The van der Waals surface area contributed by atoms with Crippen LogP contribution in [-0.2, 0) is 0 Å². The van der Waals surface area contributed by atoms with Crippen molar-refractivity contribution in [2.24, 2.45) is 0 Å². The molecule has 10 rings (SSSR count). The molecule has 0 unspecified atom stereocenters. The third-order valence-electron chi connectivity index (χ3n) is 9.29. The Balaban J connectivity index is 1.12. The van der Waals surface area contributed by atoms with E-state index in [-0.39, 0.29) is 0 Å². The molecule has 0 saturated carbocycles. The lowest BCUT2D eigenvalue weighted by atomic mass is 10.0. The number of hydrogen-bond donors (Lipinski definition) is 1. The van der Waals surface area contributed by atoms with Gasteiger partial charge < -0.3 is 4.98 Å². The van der Waals surface area contributed by atoms with Crippen LogP contribution in [0.5, 0.6) is 0 Å². The number of nitrogens with one attached hydrogen (secondary N) is 1. The molecule has 0 aliphatic rings. The molecule has 50 heavy (non-hydrogen) atoms. The third kappa shape index (κ3) is 4.64. The molecule has 10 aromatic rings. The Labute approximate surface area is 286 Å². The van der Waals surface area contributed by atoms with Crippen LogP contribution in [-0.4, -0.2) is 34.5 Å². The van der Waals surface area contributed by atoms with Crippen LogP contribution in [0.1, 0.15) is 0 Å². The number of rotatable bonds is 5. The highest BCUT2D eigenvalue weighted by molar-refractivity contribution is 6.11. The van der Waals surface area contributed by atoms with Gasteiger partial charge in [0.1, 0.15) is 5.69 Å². The topological polar surface area (TPSA) is 85.2 Å². The van der Waals surface area contributed by atoms with Crippen LogP contribution in [0, 0.1) is 0 Å². The van der Waals surface area contributed by atoms with E-state index in [1.54, 1.807) is 12.4 Å². The van der Waals surface area contributed by atoms with Crippen molar-refractivity contribution in [1.82, 2.24) is 34.5 Å². The first-order valence-electron chi connectivity index (χ1n) is 16.5. The summed E-state index contributed by atoms with van der Waals surface area (Å²) in [5.41, 5.74) is 9.06. The molecule has 234 valence electrons. The number of aromatic amines is 1. The van der Waals surface area contributed by atoms with E-state index in [0.29, 0.717) is 29.0 Å². The van der Waals surface area contributed by atoms with Crippen molar-refractivity contribution >= 4 is 43.6 Å².